The van der Waals surface area contributed by atoms with E-state index in [2.05, 4.69) is 4.98 Å². The highest BCUT2D eigenvalue weighted by Crippen LogP contribution is 2.22. The van der Waals surface area contributed by atoms with Gasteiger partial charge >= 0.3 is 5.97 Å². The molecule has 2 rings (SSSR count). The molecule has 0 radical (unpaired) electrons. The Balaban J connectivity index is 1.82. The van der Waals surface area contributed by atoms with Gasteiger partial charge in [-0.25, -0.2) is 0 Å². The molecule has 0 saturated carbocycles. The summed E-state index contributed by atoms with van der Waals surface area (Å²) in [6.07, 6.45) is 2.20. The van der Waals surface area contributed by atoms with Crippen LogP contribution in [0.3, 0.4) is 0 Å². The molecule has 1 aliphatic rings. The number of H-pyrrole nitrogens is 1. The van der Waals surface area contributed by atoms with E-state index in [4.69, 9.17) is 4.74 Å². The van der Waals surface area contributed by atoms with E-state index in [1.54, 1.807) is 0 Å². The van der Waals surface area contributed by atoms with Crippen molar-refractivity contribution in [3.8, 4) is 0 Å². The molecule has 5 nitrogen and oxygen atoms in total. The van der Waals surface area contributed by atoms with Crippen LogP contribution in [0.1, 0.15) is 42.4 Å². The van der Waals surface area contributed by atoms with Crippen molar-refractivity contribution in [2.24, 2.45) is 5.92 Å². The van der Waals surface area contributed by atoms with Gasteiger partial charge in [-0.3, -0.25) is 9.59 Å². The van der Waals surface area contributed by atoms with E-state index in [1.807, 2.05) is 30.9 Å². The topological polar surface area (TPSA) is 62.4 Å². The second-order valence-corrected chi connectivity index (χ2v) is 5.30. The Bertz CT molecular complexity index is 473. The fraction of sp³-hybridized carbons (Fsp3) is 0.600. The first kappa shape index (κ1) is 14.6. The molecule has 1 aromatic rings. The number of nitrogens with one attached hydrogen (secondary N) is 1. The number of rotatable bonds is 4. The van der Waals surface area contributed by atoms with Crippen molar-refractivity contribution in [1.29, 1.82) is 0 Å². The standard InChI is InChI=1S/C15H22N2O3/c1-3-20-14(18)10-12-6-8-17(9-7-12)15(19)13-5-4-11(2)16-13/h4-5,12,16H,3,6-10H2,1-2H3. The number of esters is 1. The zero-order valence-corrected chi connectivity index (χ0v) is 12.1. The number of ether oxygens (including phenoxy) is 1. The zero-order chi connectivity index (χ0) is 14.5. The number of nitrogens with zero attached hydrogens (tertiary/aromatic N) is 1. The first-order chi connectivity index (χ1) is 9.60. The average molecular weight is 278 g/mol. The zero-order valence-electron chi connectivity index (χ0n) is 12.1. The summed E-state index contributed by atoms with van der Waals surface area (Å²) in [5, 5.41) is 0. The molecule has 20 heavy (non-hydrogen) atoms. The molecule has 2 heterocycles. The summed E-state index contributed by atoms with van der Waals surface area (Å²) >= 11 is 0. The smallest absolute Gasteiger partial charge is 0.306 e. The molecule has 0 aromatic carbocycles. The minimum Gasteiger partial charge on any atom is -0.466 e. The highest BCUT2D eigenvalue weighted by atomic mass is 16.5. The third kappa shape index (κ3) is 3.62. The van der Waals surface area contributed by atoms with Gasteiger partial charge in [0.15, 0.2) is 0 Å². The van der Waals surface area contributed by atoms with Crippen molar-refractivity contribution in [3.05, 3.63) is 23.5 Å². The number of aromatic amines is 1. The van der Waals surface area contributed by atoms with Crippen LogP contribution in [0.5, 0.6) is 0 Å². The number of aryl methyl sites for hydroxylation is 1. The van der Waals surface area contributed by atoms with Gasteiger partial charge in [0.25, 0.3) is 5.91 Å². The molecule has 1 fully saturated rings. The number of aromatic nitrogens is 1. The van der Waals surface area contributed by atoms with E-state index in [0.717, 1.165) is 18.5 Å². The summed E-state index contributed by atoms with van der Waals surface area (Å²) in [5.41, 5.74) is 1.64. The second kappa shape index (κ2) is 6.59. The summed E-state index contributed by atoms with van der Waals surface area (Å²) < 4.78 is 4.97. The monoisotopic (exact) mass is 278 g/mol. The van der Waals surface area contributed by atoms with Crippen LogP contribution in [0.25, 0.3) is 0 Å². The Morgan fingerprint density at radius 2 is 2.05 bits per heavy atom. The van der Waals surface area contributed by atoms with Gasteiger partial charge in [-0.2, -0.15) is 0 Å². The van der Waals surface area contributed by atoms with Gasteiger partial charge in [0.2, 0.25) is 0 Å². The second-order valence-electron chi connectivity index (χ2n) is 5.30. The van der Waals surface area contributed by atoms with Gasteiger partial charge < -0.3 is 14.6 Å². The van der Waals surface area contributed by atoms with E-state index in [9.17, 15) is 9.59 Å². The molecule has 110 valence electrons. The molecule has 1 aromatic heterocycles. The number of hydrogen-bond acceptors (Lipinski definition) is 3. The SMILES string of the molecule is CCOC(=O)CC1CCN(C(=O)c2ccc(C)[nH]2)CC1. The highest BCUT2D eigenvalue weighted by molar-refractivity contribution is 5.92. The number of piperidine rings is 1. The van der Waals surface area contributed by atoms with Crippen LogP contribution in [0.4, 0.5) is 0 Å². The molecule has 1 amide bonds. The predicted molar refractivity (Wildman–Crippen MR) is 75.4 cm³/mol. The largest absolute Gasteiger partial charge is 0.466 e. The number of carbonyl (C=O) groups is 2. The maximum atomic E-state index is 12.2. The minimum absolute atomic E-state index is 0.0488. The quantitative estimate of drug-likeness (QED) is 0.858. The van der Waals surface area contributed by atoms with Crippen LogP contribution in [-0.2, 0) is 9.53 Å². The minimum atomic E-state index is -0.128. The molecule has 5 heteroatoms. The predicted octanol–water partition coefficient (Wildman–Crippen LogP) is 2.13. The van der Waals surface area contributed by atoms with Crippen LogP contribution in [0, 0.1) is 12.8 Å². The third-order valence-corrected chi connectivity index (χ3v) is 3.72. The molecular weight excluding hydrogens is 256 g/mol. The van der Waals surface area contributed by atoms with Gasteiger partial charge in [0.1, 0.15) is 5.69 Å². The first-order valence-electron chi connectivity index (χ1n) is 7.20. The average Bonchev–Trinajstić information content (AvgIpc) is 2.86. The summed E-state index contributed by atoms with van der Waals surface area (Å²) in [4.78, 5) is 28.6. The number of carbonyl (C=O) groups excluding carboxylic acids is 2. The molecular formula is C15H22N2O3. The lowest BCUT2D eigenvalue weighted by molar-refractivity contribution is -0.144. The van der Waals surface area contributed by atoms with Crippen molar-refractivity contribution in [1.82, 2.24) is 9.88 Å². The van der Waals surface area contributed by atoms with Crippen molar-refractivity contribution >= 4 is 11.9 Å². The molecule has 1 N–H and O–H groups in total. The first-order valence-corrected chi connectivity index (χ1v) is 7.20. The molecule has 1 aliphatic heterocycles. The van der Waals surface area contributed by atoms with Crippen LogP contribution >= 0.6 is 0 Å². The maximum Gasteiger partial charge on any atom is 0.306 e. The lowest BCUT2D eigenvalue weighted by Crippen LogP contribution is -2.39. The normalized spacial score (nSPS) is 16.2. The summed E-state index contributed by atoms with van der Waals surface area (Å²) in [7, 11) is 0. The highest BCUT2D eigenvalue weighted by Gasteiger charge is 2.25. The van der Waals surface area contributed by atoms with E-state index < -0.39 is 0 Å². The van der Waals surface area contributed by atoms with Crippen molar-refractivity contribution in [2.75, 3.05) is 19.7 Å². The van der Waals surface area contributed by atoms with E-state index in [-0.39, 0.29) is 11.9 Å². The molecule has 0 spiro atoms. The van der Waals surface area contributed by atoms with E-state index in [1.165, 1.54) is 0 Å². The Labute approximate surface area is 119 Å². The third-order valence-electron chi connectivity index (χ3n) is 3.72. The van der Waals surface area contributed by atoms with Gasteiger partial charge in [0.05, 0.1) is 6.61 Å². The van der Waals surface area contributed by atoms with Gasteiger partial charge in [-0.1, -0.05) is 0 Å². The number of amides is 1. The van der Waals surface area contributed by atoms with Gasteiger partial charge in [0, 0.05) is 25.2 Å². The van der Waals surface area contributed by atoms with Crippen LogP contribution < -0.4 is 0 Å². The Morgan fingerprint density at radius 3 is 2.60 bits per heavy atom. The fourth-order valence-corrected chi connectivity index (χ4v) is 2.59. The number of hydrogen-bond donors (Lipinski definition) is 1. The van der Waals surface area contributed by atoms with Gasteiger partial charge in [-0.05, 0) is 44.7 Å². The molecule has 1 saturated heterocycles. The molecule has 0 bridgehead atoms. The van der Waals surface area contributed by atoms with E-state index >= 15 is 0 Å². The Kier molecular flexibility index (Phi) is 4.82. The lowest BCUT2D eigenvalue weighted by Gasteiger charge is -2.31. The molecule has 0 atom stereocenters. The lowest BCUT2D eigenvalue weighted by atomic mass is 9.93. The number of likely N-dealkylation sites (tertiary alicyclic amines) is 1. The summed E-state index contributed by atoms with van der Waals surface area (Å²) in [6, 6.07) is 3.73. The summed E-state index contributed by atoms with van der Waals surface area (Å²) in [6.45, 7) is 5.60. The summed E-state index contributed by atoms with van der Waals surface area (Å²) in [5.74, 6) is 0.258. The molecule has 0 aliphatic carbocycles. The van der Waals surface area contributed by atoms with Crippen LogP contribution in [0.15, 0.2) is 12.1 Å². The van der Waals surface area contributed by atoms with E-state index in [0.29, 0.717) is 37.7 Å². The van der Waals surface area contributed by atoms with Crippen molar-refractivity contribution in [2.45, 2.75) is 33.1 Å². The van der Waals surface area contributed by atoms with Crippen molar-refractivity contribution < 1.29 is 14.3 Å². The van der Waals surface area contributed by atoms with Crippen LogP contribution in [0.2, 0.25) is 0 Å². The Morgan fingerprint density at radius 1 is 1.35 bits per heavy atom. The van der Waals surface area contributed by atoms with Crippen molar-refractivity contribution in [3.63, 3.8) is 0 Å². The molecule has 0 unspecified atom stereocenters. The van der Waals surface area contributed by atoms with Gasteiger partial charge in [-0.15, -0.1) is 0 Å². The van der Waals surface area contributed by atoms with Crippen LogP contribution in [-0.4, -0.2) is 41.5 Å². The maximum absolute atomic E-state index is 12.2. The fourth-order valence-electron chi connectivity index (χ4n) is 2.59. The Hall–Kier alpha value is -1.78.